The lowest BCUT2D eigenvalue weighted by Gasteiger charge is -2.16. The lowest BCUT2D eigenvalue weighted by atomic mass is 10.1. The Hall–Kier alpha value is -3.32. The molecular weight excluding hydrogens is 360 g/mol. The number of furan rings is 1. The highest BCUT2D eigenvalue weighted by Crippen LogP contribution is 2.27. The van der Waals surface area contributed by atoms with Crippen LogP contribution in [0.5, 0.6) is 5.75 Å². The molecule has 1 aromatic heterocycles. The van der Waals surface area contributed by atoms with Gasteiger partial charge in [-0.15, -0.1) is 0 Å². The Morgan fingerprint density at radius 2 is 1.89 bits per heavy atom. The summed E-state index contributed by atoms with van der Waals surface area (Å²) in [6, 6.07) is 14.4. The monoisotopic (exact) mass is 382 g/mol. The Labute approximate surface area is 162 Å². The largest absolute Gasteiger partial charge is 0.497 e. The Kier molecular flexibility index (Phi) is 5.96. The Morgan fingerprint density at radius 3 is 2.64 bits per heavy atom. The summed E-state index contributed by atoms with van der Waals surface area (Å²) in [5.41, 5.74) is 1.87. The van der Waals surface area contributed by atoms with Crippen molar-refractivity contribution in [2.45, 2.75) is 6.61 Å². The molecule has 0 saturated carbocycles. The first-order valence-electron chi connectivity index (χ1n) is 8.72. The Balaban J connectivity index is 1.74. The van der Waals surface area contributed by atoms with Crippen molar-refractivity contribution in [1.29, 1.82) is 0 Å². The van der Waals surface area contributed by atoms with Crippen LogP contribution in [0.2, 0.25) is 0 Å². The molecule has 0 aliphatic heterocycles. The average Bonchev–Trinajstić information content (AvgIpc) is 3.06. The van der Waals surface area contributed by atoms with Crippen LogP contribution in [0.4, 0.5) is 5.69 Å². The van der Waals surface area contributed by atoms with Gasteiger partial charge in [0.2, 0.25) is 5.91 Å². The van der Waals surface area contributed by atoms with Crippen molar-refractivity contribution in [1.82, 2.24) is 4.90 Å². The van der Waals surface area contributed by atoms with Gasteiger partial charge in [0.15, 0.2) is 5.76 Å². The number of hydrogen-bond acceptors (Lipinski definition) is 5. The van der Waals surface area contributed by atoms with Gasteiger partial charge in [-0.2, -0.15) is 0 Å². The summed E-state index contributed by atoms with van der Waals surface area (Å²) in [6.07, 6.45) is 0. The van der Waals surface area contributed by atoms with Crippen LogP contribution in [0.25, 0.3) is 11.0 Å². The molecule has 7 heteroatoms. The predicted molar refractivity (Wildman–Crippen MR) is 106 cm³/mol. The number of nitrogens with one attached hydrogen (secondary N) is 1. The first-order valence-corrected chi connectivity index (χ1v) is 8.72. The van der Waals surface area contributed by atoms with E-state index in [0.717, 1.165) is 5.39 Å². The van der Waals surface area contributed by atoms with E-state index in [0.29, 0.717) is 22.6 Å². The zero-order chi connectivity index (χ0) is 20.1. The Morgan fingerprint density at radius 1 is 1.11 bits per heavy atom. The number of carbonyl (C=O) groups excluding carboxylic acids is 2. The van der Waals surface area contributed by atoms with E-state index >= 15 is 0 Å². The van der Waals surface area contributed by atoms with Gasteiger partial charge in [0.05, 0.1) is 20.3 Å². The fourth-order valence-electron chi connectivity index (χ4n) is 2.92. The third-order valence-electron chi connectivity index (χ3n) is 4.26. The number of benzene rings is 2. The quantitative estimate of drug-likeness (QED) is 0.678. The normalized spacial score (nSPS) is 10.7. The zero-order valence-corrected chi connectivity index (χ0v) is 16.0. The maximum Gasteiger partial charge on any atom is 0.290 e. The number of methoxy groups -OCH3 is 2. The van der Waals surface area contributed by atoms with Gasteiger partial charge in [-0.1, -0.05) is 24.3 Å². The molecule has 0 atom stereocenters. The summed E-state index contributed by atoms with van der Waals surface area (Å²) in [5, 5.41) is 3.57. The second kappa shape index (κ2) is 8.58. The number of fused-ring (bicyclic) bond motifs is 1. The van der Waals surface area contributed by atoms with Gasteiger partial charge >= 0.3 is 0 Å². The highest BCUT2D eigenvalue weighted by molar-refractivity contribution is 6.01. The molecule has 2 amide bonds. The van der Waals surface area contributed by atoms with E-state index in [-0.39, 0.29) is 30.7 Å². The van der Waals surface area contributed by atoms with Crippen LogP contribution in [0.3, 0.4) is 0 Å². The van der Waals surface area contributed by atoms with Crippen molar-refractivity contribution in [2.24, 2.45) is 0 Å². The molecule has 28 heavy (non-hydrogen) atoms. The van der Waals surface area contributed by atoms with E-state index in [9.17, 15) is 9.59 Å². The maximum absolute atomic E-state index is 12.9. The van der Waals surface area contributed by atoms with Crippen LogP contribution in [0.15, 0.2) is 52.9 Å². The SMILES string of the molecule is COCc1c(C(=O)N(C)CC(=O)Nc2cccc(OC)c2)oc2ccccc12. The van der Waals surface area contributed by atoms with Crippen LogP contribution < -0.4 is 10.1 Å². The van der Waals surface area contributed by atoms with Gasteiger partial charge in [-0.25, -0.2) is 0 Å². The molecule has 0 radical (unpaired) electrons. The summed E-state index contributed by atoms with van der Waals surface area (Å²) in [7, 11) is 4.66. The second-order valence-electron chi connectivity index (χ2n) is 6.28. The highest BCUT2D eigenvalue weighted by atomic mass is 16.5. The lowest BCUT2D eigenvalue weighted by Crippen LogP contribution is -2.35. The van der Waals surface area contributed by atoms with Crippen molar-refractivity contribution in [3.63, 3.8) is 0 Å². The average molecular weight is 382 g/mol. The Bertz CT molecular complexity index is 995. The third kappa shape index (κ3) is 4.15. The molecule has 3 aromatic rings. The smallest absolute Gasteiger partial charge is 0.290 e. The van der Waals surface area contributed by atoms with E-state index in [2.05, 4.69) is 5.32 Å². The summed E-state index contributed by atoms with van der Waals surface area (Å²) < 4.78 is 16.1. The molecule has 3 rings (SSSR count). The van der Waals surface area contributed by atoms with Gasteiger partial charge in [-0.3, -0.25) is 9.59 Å². The summed E-state index contributed by atoms with van der Waals surface area (Å²) in [6.45, 7) is 0.113. The van der Waals surface area contributed by atoms with E-state index in [1.54, 1.807) is 51.6 Å². The van der Waals surface area contributed by atoms with Crippen LogP contribution >= 0.6 is 0 Å². The number of rotatable bonds is 7. The number of ether oxygens (including phenoxy) is 2. The van der Waals surface area contributed by atoms with Gasteiger partial charge in [0.25, 0.3) is 5.91 Å². The molecule has 0 aliphatic rings. The zero-order valence-electron chi connectivity index (χ0n) is 16.0. The van der Waals surface area contributed by atoms with E-state index in [4.69, 9.17) is 13.9 Å². The summed E-state index contributed by atoms with van der Waals surface area (Å²) in [5.74, 6) is 0.103. The topological polar surface area (TPSA) is 81.0 Å². The van der Waals surface area contributed by atoms with Crippen LogP contribution in [0.1, 0.15) is 16.1 Å². The van der Waals surface area contributed by atoms with Crippen molar-refractivity contribution >= 4 is 28.5 Å². The predicted octanol–water partition coefficient (Wildman–Crippen LogP) is 3.30. The fourth-order valence-corrected chi connectivity index (χ4v) is 2.92. The molecule has 0 unspecified atom stereocenters. The van der Waals surface area contributed by atoms with Crippen molar-refractivity contribution < 1.29 is 23.5 Å². The van der Waals surface area contributed by atoms with Crippen molar-refractivity contribution in [2.75, 3.05) is 33.1 Å². The molecule has 1 heterocycles. The molecule has 0 bridgehead atoms. The van der Waals surface area contributed by atoms with Crippen LogP contribution in [-0.2, 0) is 16.1 Å². The standard InChI is InChI=1S/C21H22N2O5/c1-23(12-19(24)22-14-7-6-8-15(11-14)27-3)21(25)20-17(13-26-2)16-9-4-5-10-18(16)28-20/h4-11H,12-13H2,1-3H3,(H,22,24). The molecule has 0 fully saturated rings. The number of carbonyl (C=O) groups is 2. The van der Waals surface area contributed by atoms with Crippen LogP contribution in [-0.4, -0.2) is 44.5 Å². The highest BCUT2D eigenvalue weighted by Gasteiger charge is 2.24. The minimum absolute atomic E-state index is 0.125. The van der Waals surface area contributed by atoms with E-state index < -0.39 is 0 Å². The number of amides is 2. The van der Waals surface area contributed by atoms with E-state index in [1.165, 1.54) is 4.90 Å². The first-order chi connectivity index (χ1) is 13.5. The molecule has 2 aromatic carbocycles. The molecule has 146 valence electrons. The fraction of sp³-hybridized carbons (Fsp3) is 0.238. The number of likely N-dealkylation sites (N-methyl/N-ethyl adjacent to an activating group) is 1. The molecule has 7 nitrogen and oxygen atoms in total. The number of nitrogens with zero attached hydrogens (tertiary/aromatic N) is 1. The third-order valence-corrected chi connectivity index (χ3v) is 4.26. The summed E-state index contributed by atoms with van der Waals surface area (Å²) in [4.78, 5) is 26.5. The number of para-hydroxylation sites is 1. The molecule has 1 N–H and O–H groups in total. The number of anilines is 1. The maximum atomic E-state index is 12.9. The minimum atomic E-state index is -0.385. The van der Waals surface area contributed by atoms with Crippen LogP contribution in [0, 0.1) is 0 Å². The van der Waals surface area contributed by atoms with Gasteiger partial charge in [0.1, 0.15) is 11.3 Å². The second-order valence-corrected chi connectivity index (χ2v) is 6.28. The van der Waals surface area contributed by atoms with Crippen molar-refractivity contribution in [3.8, 4) is 5.75 Å². The molecule has 0 aliphatic carbocycles. The molecular formula is C21H22N2O5. The molecule has 0 saturated heterocycles. The minimum Gasteiger partial charge on any atom is -0.497 e. The molecule has 0 spiro atoms. The van der Waals surface area contributed by atoms with Gasteiger partial charge < -0.3 is 24.1 Å². The first kappa shape index (κ1) is 19.4. The van der Waals surface area contributed by atoms with E-state index in [1.807, 2.05) is 18.2 Å². The lowest BCUT2D eigenvalue weighted by molar-refractivity contribution is -0.116. The summed E-state index contributed by atoms with van der Waals surface area (Å²) >= 11 is 0. The van der Waals surface area contributed by atoms with Crippen molar-refractivity contribution in [3.05, 3.63) is 59.9 Å². The van der Waals surface area contributed by atoms with Gasteiger partial charge in [-0.05, 0) is 18.2 Å². The number of hydrogen-bond donors (Lipinski definition) is 1. The van der Waals surface area contributed by atoms with Gasteiger partial charge in [0, 0.05) is 36.9 Å².